The van der Waals surface area contributed by atoms with Crippen molar-refractivity contribution in [1.29, 1.82) is 0 Å². The van der Waals surface area contributed by atoms with Crippen molar-refractivity contribution < 1.29 is 9.18 Å². The fourth-order valence-electron chi connectivity index (χ4n) is 3.15. The second-order valence-corrected chi connectivity index (χ2v) is 6.59. The van der Waals surface area contributed by atoms with E-state index in [1.165, 1.54) is 12.1 Å². The quantitative estimate of drug-likeness (QED) is 0.864. The third kappa shape index (κ3) is 3.61. The number of piperidine rings is 1. The molecule has 1 atom stereocenters. The van der Waals surface area contributed by atoms with Crippen LogP contribution < -0.4 is 0 Å². The average molecular weight is 327 g/mol. The summed E-state index contributed by atoms with van der Waals surface area (Å²) in [6, 6.07) is 8.21. The van der Waals surface area contributed by atoms with Gasteiger partial charge in [0.05, 0.1) is 0 Å². The molecule has 3 rings (SSSR count). The molecule has 1 unspecified atom stereocenters. The summed E-state index contributed by atoms with van der Waals surface area (Å²) in [5.74, 6) is 0.639. The first kappa shape index (κ1) is 16.6. The SMILES string of the molecule is CC(C)C(=O)N1CCCC(c2ccnc(-c3cccc(F)c3)n2)C1. The number of hydrogen-bond donors (Lipinski definition) is 0. The molecule has 0 radical (unpaired) electrons. The van der Waals surface area contributed by atoms with E-state index in [-0.39, 0.29) is 23.6 Å². The maximum atomic E-state index is 13.4. The van der Waals surface area contributed by atoms with Crippen LogP contribution in [0.1, 0.15) is 38.3 Å². The van der Waals surface area contributed by atoms with Gasteiger partial charge >= 0.3 is 0 Å². The van der Waals surface area contributed by atoms with Gasteiger partial charge in [-0.1, -0.05) is 26.0 Å². The van der Waals surface area contributed by atoms with E-state index in [4.69, 9.17) is 0 Å². The lowest BCUT2D eigenvalue weighted by molar-refractivity contribution is -0.135. The van der Waals surface area contributed by atoms with Gasteiger partial charge in [-0.05, 0) is 31.0 Å². The van der Waals surface area contributed by atoms with E-state index >= 15 is 0 Å². The Hall–Kier alpha value is -2.30. The molecule has 5 heteroatoms. The number of carbonyl (C=O) groups excluding carboxylic acids is 1. The van der Waals surface area contributed by atoms with Gasteiger partial charge in [-0.2, -0.15) is 0 Å². The van der Waals surface area contributed by atoms with Gasteiger partial charge < -0.3 is 4.90 Å². The van der Waals surface area contributed by atoms with Crippen LogP contribution in [0.2, 0.25) is 0 Å². The van der Waals surface area contributed by atoms with Gasteiger partial charge in [-0.15, -0.1) is 0 Å². The van der Waals surface area contributed by atoms with Gasteiger partial charge in [0.1, 0.15) is 5.82 Å². The molecule has 1 fully saturated rings. The van der Waals surface area contributed by atoms with Crippen molar-refractivity contribution in [3.05, 3.63) is 48.0 Å². The molecular formula is C19H22FN3O. The van der Waals surface area contributed by atoms with Crippen molar-refractivity contribution in [3.8, 4) is 11.4 Å². The first-order valence-corrected chi connectivity index (χ1v) is 8.42. The minimum atomic E-state index is -0.298. The molecule has 0 aliphatic carbocycles. The smallest absolute Gasteiger partial charge is 0.225 e. The minimum Gasteiger partial charge on any atom is -0.342 e. The van der Waals surface area contributed by atoms with E-state index in [1.54, 1.807) is 18.3 Å². The molecule has 1 amide bonds. The Morgan fingerprint density at radius 3 is 2.92 bits per heavy atom. The number of aromatic nitrogens is 2. The molecule has 1 aliphatic heterocycles. The lowest BCUT2D eigenvalue weighted by Gasteiger charge is -2.33. The Kier molecular flexibility index (Phi) is 4.88. The summed E-state index contributed by atoms with van der Waals surface area (Å²) >= 11 is 0. The van der Waals surface area contributed by atoms with E-state index in [0.717, 1.165) is 25.1 Å². The van der Waals surface area contributed by atoms with Crippen LogP contribution in [0.25, 0.3) is 11.4 Å². The van der Waals surface area contributed by atoms with E-state index in [2.05, 4.69) is 9.97 Å². The number of carbonyl (C=O) groups is 1. The summed E-state index contributed by atoms with van der Waals surface area (Å²) in [7, 11) is 0. The van der Waals surface area contributed by atoms with E-state index in [9.17, 15) is 9.18 Å². The average Bonchev–Trinajstić information content (AvgIpc) is 2.61. The summed E-state index contributed by atoms with van der Waals surface area (Å²) in [4.78, 5) is 23.1. The lowest BCUT2D eigenvalue weighted by atomic mass is 9.93. The summed E-state index contributed by atoms with van der Waals surface area (Å²) in [5.41, 5.74) is 1.59. The molecule has 0 bridgehead atoms. The maximum Gasteiger partial charge on any atom is 0.225 e. The number of likely N-dealkylation sites (tertiary alicyclic amines) is 1. The van der Waals surface area contributed by atoms with Crippen molar-refractivity contribution >= 4 is 5.91 Å². The van der Waals surface area contributed by atoms with Crippen LogP contribution in [0.15, 0.2) is 36.5 Å². The molecule has 1 aromatic carbocycles. The van der Waals surface area contributed by atoms with E-state index in [1.807, 2.05) is 24.8 Å². The molecule has 0 saturated carbocycles. The fourth-order valence-corrected chi connectivity index (χ4v) is 3.15. The molecule has 1 aromatic heterocycles. The second-order valence-electron chi connectivity index (χ2n) is 6.59. The highest BCUT2D eigenvalue weighted by Crippen LogP contribution is 2.27. The van der Waals surface area contributed by atoms with Crippen LogP contribution >= 0.6 is 0 Å². The van der Waals surface area contributed by atoms with Crippen molar-refractivity contribution in [2.45, 2.75) is 32.6 Å². The van der Waals surface area contributed by atoms with Crippen molar-refractivity contribution in [2.24, 2.45) is 5.92 Å². The van der Waals surface area contributed by atoms with Gasteiger partial charge in [0, 0.05) is 42.4 Å². The molecule has 126 valence electrons. The Bertz CT molecular complexity index is 732. The third-order valence-electron chi connectivity index (χ3n) is 4.41. The predicted octanol–water partition coefficient (Wildman–Crippen LogP) is 3.64. The summed E-state index contributed by atoms with van der Waals surface area (Å²) in [5, 5.41) is 0. The predicted molar refractivity (Wildman–Crippen MR) is 90.8 cm³/mol. The number of rotatable bonds is 3. The molecule has 2 heterocycles. The van der Waals surface area contributed by atoms with Crippen LogP contribution in [-0.4, -0.2) is 33.9 Å². The van der Waals surface area contributed by atoms with Gasteiger partial charge in [0.2, 0.25) is 5.91 Å². The van der Waals surface area contributed by atoms with Crippen LogP contribution in [0.5, 0.6) is 0 Å². The molecule has 1 aliphatic rings. The van der Waals surface area contributed by atoms with Gasteiger partial charge in [0.15, 0.2) is 5.82 Å². The van der Waals surface area contributed by atoms with Gasteiger partial charge in [0.25, 0.3) is 0 Å². The number of halogens is 1. The van der Waals surface area contributed by atoms with Gasteiger partial charge in [-0.25, -0.2) is 14.4 Å². The van der Waals surface area contributed by atoms with E-state index in [0.29, 0.717) is 17.9 Å². The zero-order valence-electron chi connectivity index (χ0n) is 14.1. The molecule has 24 heavy (non-hydrogen) atoms. The first-order chi connectivity index (χ1) is 11.5. The Balaban J connectivity index is 1.82. The minimum absolute atomic E-state index is 0.0111. The Morgan fingerprint density at radius 1 is 1.33 bits per heavy atom. The summed E-state index contributed by atoms with van der Waals surface area (Å²) in [6.07, 6.45) is 3.69. The summed E-state index contributed by atoms with van der Waals surface area (Å²) < 4.78 is 13.4. The first-order valence-electron chi connectivity index (χ1n) is 8.42. The fraction of sp³-hybridized carbons (Fsp3) is 0.421. The molecule has 1 saturated heterocycles. The number of amides is 1. The highest BCUT2D eigenvalue weighted by Gasteiger charge is 2.27. The van der Waals surface area contributed by atoms with Crippen molar-refractivity contribution in [3.63, 3.8) is 0 Å². The molecule has 2 aromatic rings. The van der Waals surface area contributed by atoms with Crippen molar-refractivity contribution in [2.75, 3.05) is 13.1 Å². The number of benzene rings is 1. The molecule has 4 nitrogen and oxygen atoms in total. The van der Waals surface area contributed by atoms with E-state index < -0.39 is 0 Å². The van der Waals surface area contributed by atoms with Crippen LogP contribution in [0.4, 0.5) is 4.39 Å². The van der Waals surface area contributed by atoms with Crippen LogP contribution in [0, 0.1) is 11.7 Å². The summed E-state index contributed by atoms with van der Waals surface area (Å²) in [6.45, 7) is 5.36. The topological polar surface area (TPSA) is 46.1 Å². The molecular weight excluding hydrogens is 305 g/mol. The lowest BCUT2D eigenvalue weighted by Crippen LogP contribution is -2.41. The standard InChI is InChI=1S/C19H22FN3O/c1-13(2)19(24)23-10-4-6-15(12-23)17-8-9-21-18(22-17)14-5-3-7-16(20)11-14/h3,5,7-9,11,13,15H,4,6,10,12H2,1-2H3. The zero-order chi connectivity index (χ0) is 17.1. The van der Waals surface area contributed by atoms with Crippen LogP contribution in [-0.2, 0) is 4.79 Å². The number of nitrogens with zero attached hydrogens (tertiary/aromatic N) is 3. The third-order valence-corrected chi connectivity index (χ3v) is 4.41. The largest absolute Gasteiger partial charge is 0.342 e. The highest BCUT2D eigenvalue weighted by atomic mass is 19.1. The monoisotopic (exact) mass is 327 g/mol. The van der Waals surface area contributed by atoms with Crippen LogP contribution in [0.3, 0.4) is 0 Å². The zero-order valence-corrected chi connectivity index (χ0v) is 14.1. The highest BCUT2D eigenvalue weighted by molar-refractivity contribution is 5.78. The van der Waals surface area contributed by atoms with Crippen molar-refractivity contribution in [1.82, 2.24) is 14.9 Å². The second kappa shape index (κ2) is 7.07. The van der Waals surface area contributed by atoms with Gasteiger partial charge in [-0.3, -0.25) is 4.79 Å². The normalized spacial score (nSPS) is 18.0. The molecule has 0 spiro atoms. The Labute approximate surface area is 141 Å². The Morgan fingerprint density at radius 2 is 2.17 bits per heavy atom. The maximum absolute atomic E-state index is 13.4. The number of hydrogen-bond acceptors (Lipinski definition) is 3. The molecule has 0 N–H and O–H groups in total.